The third kappa shape index (κ3) is 2.65. The molecule has 2 N–H and O–H groups in total. The standard InChI is InChI=1S/C17H14N2O/c18-17-15-11-10-14(12-16(15)20-19-17)9-5-4-8-13-6-2-1-3-7-13/h1-3,6-7,10-12H,4,8H2,(H2,18,19). The molecule has 3 nitrogen and oxygen atoms in total. The third-order valence-corrected chi connectivity index (χ3v) is 3.11. The molecular formula is C17H14N2O. The lowest BCUT2D eigenvalue weighted by molar-refractivity contribution is 0.460. The largest absolute Gasteiger partial charge is 0.380 e. The molecule has 3 rings (SSSR count). The van der Waals surface area contributed by atoms with Crippen LogP contribution in [0, 0.1) is 11.8 Å². The number of nitrogens with two attached hydrogens (primary N) is 1. The minimum absolute atomic E-state index is 0.420. The highest BCUT2D eigenvalue weighted by Gasteiger charge is 2.03. The summed E-state index contributed by atoms with van der Waals surface area (Å²) in [6.07, 6.45) is 1.80. The number of fused-ring (bicyclic) bond motifs is 1. The number of hydrogen-bond acceptors (Lipinski definition) is 3. The Labute approximate surface area is 117 Å². The highest BCUT2D eigenvalue weighted by atomic mass is 16.5. The van der Waals surface area contributed by atoms with Crippen LogP contribution in [0.5, 0.6) is 0 Å². The first-order valence-corrected chi connectivity index (χ1v) is 6.50. The van der Waals surface area contributed by atoms with Crippen molar-refractivity contribution in [2.45, 2.75) is 12.8 Å². The van der Waals surface area contributed by atoms with Crippen LogP contribution in [-0.4, -0.2) is 5.16 Å². The van der Waals surface area contributed by atoms with Gasteiger partial charge < -0.3 is 10.3 Å². The Bertz CT molecular complexity index is 779. The third-order valence-electron chi connectivity index (χ3n) is 3.11. The van der Waals surface area contributed by atoms with Gasteiger partial charge in [0.15, 0.2) is 11.4 Å². The van der Waals surface area contributed by atoms with E-state index in [2.05, 4.69) is 29.1 Å². The van der Waals surface area contributed by atoms with Crippen molar-refractivity contribution in [1.29, 1.82) is 0 Å². The van der Waals surface area contributed by atoms with Crippen LogP contribution in [0.15, 0.2) is 53.1 Å². The zero-order valence-electron chi connectivity index (χ0n) is 11.0. The topological polar surface area (TPSA) is 52.0 Å². The van der Waals surface area contributed by atoms with E-state index in [4.69, 9.17) is 10.3 Å². The smallest absolute Gasteiger partial charge is 0.174 e. The molecule has 3 aromatic rings. The molecule has 0 aliphatic carbocycles. The fraction of sp³-hybridized carbons (Fsp3) is 0.118. The van der Waals surface area contributed by atoms with Gasteiger partial charge in [-0.1, -0.05) is 47.3 Å². The number of nitrogens with zero attached hydrogens (tertiary/aromatic N) is 1. The summed E-state index contributed by atoms with van der Waals surface area (Å²) >= 11 is 0. The summed E-state index contributed by atoms with van der Waals surface area (Å²) in [6.45, 7) is 0. The van der Waals surface area contributed by atoms with Gasteiger partial charge in [0.1, 0.15) is 0 Å². The van der Waals surface area contributed by atoms with Crippen molar-refractivity contribution in [3.05, 3.63) is 59.7 Å². The Balaban J connectivity index is 1.69. The Morgan fingerprint density at radius 3 is 2.80 bits per heavy atom. The summed E-state index contributed by atoms with van der Waals surface area (Å²) in [7, 11) is 0. The van der Waals surface area contributed by atoms with Crippen molar-refractivity contribution in [3.8, 4) is 11.8 Å². The van der Waals surface area contributed by atoms with E-state index in [1.54, 1.807) is 0 Å². The van der Waals surface area contributed by atoms with Crippen molar-refractivity contribution < 1.29 is 4.52 Å². The molecular weight excluding hydrogens is 248 g/mol. The number of hydrogen-bond donors (Lipinski definition) is 1. The molecule has 0 radical (unpaired) electrons. The summed E-state index contributed by atoms with van der Waals surface area (Å²) in [5.41, 5.74) is 8.57. The van der Waals surface area contributed by atoms with Gasteiger partial charge >= 0.3 is 0 Å². The lowest BCUT2D eigenvalue weighted by Crippen LogP contribution is -1.83. The quantitative estimate of drug-likeness (QED) is 0.720. The first-order valence-electron chi connectivity index (χ1n) is 6.50. The van der Waals surface area contributed by atoms with Gasteiger partial charge in [-0.2, -0.15) is 0 Å². The number of aryl methyl sites for hydroxylation is 1. The Kier molecular flexibility index (Phi) is 3.38. The number of rotatable bonds is 2. The van der Waals surface area contributed by atoms with E-state index in [0.717, 1.165) is 23.8 Å². The van der Waals surface area contributed by atoms with Crippen molar-refractivity contribution in [2.24, 2.45) is 0 Å². The van der Waals surface area contributed by atoms with Crippen LogP contribution in [0.3, 0.4) is 0 Å². The maximum Gasteiger partial charge on any atom is 0.174 e. The van der Waals surface area contributed by atoms with Crippen LogP contribution in [-0.2, 0) is 6.42 Å². The molecule has 3 heteroatoms. The fourth-order valence-electron chi connectivity index (χ4n) is 2.05. The highest BCUT2D eigenvalue weighted by molar-refractivity contribution is 5.87. The van der Waals surface area contributed by atoms with Crippen LogP contribution in [0.4, 0.5) is 5.82 Å². The van der Waals surface area contributed by atoms with Crippen molar-refractivity contribution >= 4 is 16.8 Å². The normalized spacial score (nSPS) is 10.2. The Hall–Kier alpha value is -2.73. The first-order chi connectivity index (χ1) is 9.83. The van der Waals surface area contributed by atoms with Crippen molar-refractivity contribution in [3.63, 3.8) is 0 Å². The van der Waals surface area contributed by atoms with E-state index in [0.29, 0.717) is 11.4 Å². The molecule has 0 saturated carbocycles. The zero-order valence-corrected chi connectivity index (χ0v) is 11.0. The number of aromatic nitrogens is 1. The van der Waals surface area contributed by atoms with E-state index in [9.17, 15) is 0 Å². The summed E-state index contributed by atoms with van der Waals surface area (Å²) in [4.78, 5) is 0. The average Bonchev–Trinajstić information content (AvgIpc) is 2.86. The molecule has 0 saturated heterocycles. The number of anilines is 1. The molecule has 20 heavy (non-hydrogen) atoms. The summed E-state index contributed by atoms with van der Waals surface area (Å²) in [6, 6.07) is 16.0. The molecule has 0 fully saturated rings. The van der Waals surface area contributed by atoms with Crippen LogP contribution >= 0.6 is 0 Å². The maximum atomic E-state index is 5.67. The fourth-order valence-corrected chi connectivity index (χ4v) is 2.05. The van der Waals surface area contributed by atoms with Crippen LogP contribution in [0.1, 0.15) is 17.5 Å². The van der Waals surface area contributed by atoms with Gasteiger partial charge in [0.05, 0.1) is 5.39 Å². The van der Waals surface area contributed by atoms with Crippen molar-refractivity contribution in [1.82, 2.24) is 5.16 Å². The van der Waals surface area contributed by atoms with Gasteiger partial charge in [0, 0.05) is 12.0 Å². The predicted molar refractivity (Wildman–Crippen MR) is 80.1 cm³/mol. The number of nitrogen functional groups attached to an aromatic ring is 1. The van der Waals surface area contributed by atoms with Gasteiger partial charge in [0.25, 0.3) is 0 Å². The second kappa shape index (κ2) is 5.50. The monoisotopic (exact) mass is 262 g/mol. The molecule has 0 aliphatic rings. The lowest BCUT2D eigenvalue weighted by atomic mass is 10.1. The highest BCUT2D eigenvalue weighted by Crippen LogP contribution is 2.20. The lowest BCUT2D eigenvalue weighted by Gasteiger charge is -1.94. The first kappa shape index (κ1) is 12.3. The molecule has 0 amide bonds. The van der Waals surface area contributed by atoms with Crippen molar-refractivity contribution in [2.75, 3.05) is 5.73 Å². The summed E-state index contributed by atoms with van der Waals surface area (Å²) in [5.74, 6) is 6.74. The SMILES string of the molecule is Nc1noc2cc(C#CCCc3ccccc3)ccc12. The van der Waals surface area contributed by atoms with Crippen LogP contribution < -0.4 is 5.73 Å². The van der Waals surface area contributed by atoms with Crippen LogP contribution in [0.25, 0.3) is 11.0 Å². The van der Waals surface area contributed by atoms with Gasteiger partial charge in [-0.25, -0.2) is 0 Å². The Morgan fingerprint density at radius 1 is 1.10 bits per heavy atom. The summed E-state index contributed by atoms with van der Waals surface area (Å²) < 4.78 is 5.12. The van der Waals surface area contributed by atoms with E-state index in [1.165, 1.54) is 5.56 Å². The van der Waals surface area contributed by atoms with E-state index in [1.807, 2.05) is 36.4 Å². The molecule has 2 aromatic carbocycles. The second-order valence-electron chi connectivity index (χ2n) is 4.57. The molecule has 1 aromatic heterocycles. The molecule has 0 spiro atoms. The molecule has 0 aliphatic heterocycles. The summed E-state index contributed by atoms with van der Waals surface area (Å²) in [5, 5.41) is 4.56. The maximum absolute atomic E-state index is 5.67. The molecule has 98 valence electrons. The number of benzene rings is 2. The van der Waals surface area contributed by atoms with E-state index >= 15 is 0 Å². The molecule has 0 unspecified atom stereocenters. The average molecular weight is 262 g/mol. The molecule has 1 heterocycles. The zero-order chi connectivity index (χ0) is 13.8. The Morgan fingerprint density at radius 2 is 1.95 bits per heavy atom. The minimum Gasteiger partial charge on any atom is -0.380 e. The van der Waals surface area contributed by atoms with E-state index in [-0.39, 0.29) is 0 Å². The molecule has 0 bridgehead atoms. The predicted octanol–water partition coefficient (Wildman–Crippen LogP) is 3.39. The van der Waals surface area contributed by atoms with E-state index < -0.39 is 0 Å². The van der Waals surface area contributed by atoms with Gasteiger partial charge in [-0.05, 0) is 30.2 Å². The second-order valence-corrected chi connectivity index (χ2v) is 4.57. The minimum atomic E-state index is 0.420. The van der Waals surface area contributed by atoms with Gasteiger partial charge in [0.2, 0.25) is 0 Å². The van der Waals surface area contributed by atoms with Gasteiger partial charge in [-0.3, -0.25) is 0 Å². The molecule has 0 atom stereocenters. The van der Waals surface area contributed by atoms with Crippen LogP contribution in [0.2, 0.25) is 0 Å². The van der Waals surface area contributed by atoms with Gasteiger partial charge in [-0.15, -0.1) is 0 Å².